The molecule has 0 radical (unpaired) electrons. The lowest BCUT2D eigenvalue weighted by atomic mass is 10.1. The number of ether oxygens (including phenoxy) is 1. The fourth-order valence-electron chi connectivity index (χ4n) is 2.26. The molecule has 0 saturated carbocycles. The number of carbonyl (C=O) groups is 1. The molecule has 5 heteroatoms. The summed E-state index contributed by atoms with van der Waals surface area (Å²) in [4.78, 5) is 12.0. The van der Waals surface area contributed by atoms with Crippen LogP contribution in [-0.2, 0) is 12.8 Å². The van der Waals surface area contributed by atoms with E-state index in [-0.39, 0.29) is 5.91 Å². The molecule has 0 aliphatic carbocycles. The summed E-state index contributed by atoms with van der Waals surface area (Å²) in [5.41, 5.74) is 2.57. The molecule has 118 valence electrons. The Kier molecular flexibility index (Phi) is 5.58. The van der Waals surface area contributed by atoms with Crippen LogP contribution in [0.3, 0.4) is 0 Å². The van der Waals surface area contributed by atoms with Gasteiger partial charge in [0.2, 0.25) is 0 Å². The summed E-state index contributed by atoms with van der Waals surface area (Å²) in [5.74, 6) is 1.22. The molecule has 0 saturated heterocycles. The van der Waals surface area contributed by atoms with Crippen molar-refractivity contribution in [3.05, 3.63) is 47.3 Å². The van der Waals surface area contributed by atoms with Crippen molar-refractivity contribution in [3.63, 3.8) is 0 Å². The summed E-state index contributed by atoms with van der Waals surface area (Å²) >= 11 is 0. The standard InChI is InChI=1S/C17H23N3O2/c1-12(2)9-14-11-16(20-19-14)17(21)18-8-7-13-5-4-6-15(10-13)22-3/h4-6,10-12H,7-9H2,1-3H3,(H,18,21)(H,19,20). The van der Waals surface area contributed by atoms with Gasteiger partial charge in [0.15, 0.2) is 0 Å². The largest absolute Gasteiger partial charge is 0.497 e. The van der Waals surface area contributed by atoms with E-state index in [9.17, 15) is 4.79 Å². The van der Waals surface area contributed by atoms with Crippen LogP contribution in [-0.4, -0.2) is 29.8 Å². The van der Waals surface area contributed by atoms with Gasteiger partial charge in [-0.25, -0.2) is 0 Å². The monoisotopic (exact) mass is 301 g/mol. The van der Waals surface area contributed by atoms with Gasteiger partial charge in [-0.3, -0.25) is 9.89 Å². The van der Waals surface area contributed by atoms with Crippen LogP contribution in [0.1, 0.15) is 35.6 Å². The van der Waals surface area contributed by atoms with E-state index in [0.29, 0.717) is 18.2 Å². The quantitative estimate of drug-likeness (QED) is 0.826. The molecule has 22 heavy (non-hydrogen) atoms. The smallest absolute Gasteiger partial charge is 0.271 e. The Morgan fingerprint density at radius 1 is 1.36 bits per heavy atom. The van der Waals surface area contributed by atoms with E-state index in [4.69, 9.17) is 4.74 Å². The van der Waals surface area contributed by atoms with Crippen molar-refractivity contribution < 1.29 is 9.53 Å². The summed E-state index contributed by atoms with van der Waals surface area (Å²) in [6, 6.07) is 9.66. The lowest BCUT2D eigenvalue weighted by molar-refractivity contribution is 0.0949. The van der Waals surface area contributed by atoms with Crippen LogP contribution in [0.15, 0.2) is 30.3 Å². The first kappa shape index (κ1) is 16.1. The number of aromatic nitrogens is 2. The molecule has 0 spiro atoms. The molecule has 1 aromatic heterocycles. The van der Waals surface area contributed by atoms with Gasteiger partial charge >= 0.3 is 0 Å². The highest BCUT2D eigenvalue weighted by Crippen LogP contribution is 2.12. The highest BCUT2D eigenvalue weighted by Gasteiger charge is 2.10. The number of rotatable bonds is 7. The summed E-state index contributed by atoms with van der Waals surface area (Å²) < 4.78 is 5.18. The van der Waals surface area contributed by atoms with E-state index >= 15 is 0 Å². The van der Waals surface area contributed by atoms with Gasteiger partial charge in [0, 0.05) is 12.2 Å². The van der Waals surface area contributed by atoms with E-state index in [0.717, 1.165) is 29.8 Å². The number of nitrogens with zero attached hydrogens (tertiary/aromatic N) is 1. The molecule has 1 aromatic carbocycles. The van der Waals surface area contributed by atoms with Crippen LogP contribution in [0, 0.1) is 5.92 Å². The second kappa shape index (κ2) is 7.64. The molecule has 0 atom stereocenters. The van der Waals surface area contributed by atoms with Gasteiger partial charge in [-0.2, -0.15) is 5.10 Å². The van der Waals surface area contributed by atoms with Gasteiger partial charge in [-0.05, 0) is 42.5 Å². The van der Waals surface area contributed by atoms with Gasteiger partial charge in [0.25, 0.3) is 5.91 Å². The lowest BCUT2D eigenvalue weighted by Gasteiger charge is -2.05. The minimum Gasteiger partial charge on any atom is -0.497 e. The normalized spacial score (nSPS) is 10.7. The maximum Gasteiger partial charge on any atom is 0.271 e. The fourth-order valence-corrected chi connectivity index (χ4v) is 2.26. The van der Waals surface area contributed by atoms with Gasteiger partial charge in [0.05, 0.1) is 7.11 Å². The molecule has 0 fully saturated rings. The highest BCUT2D eigenvalue weighted by atomic mass is 16.5. The van der Waals surface area contributed by atoms with Crippen molar-refractivity contribution >= 4 is 5.91 Å². The average Bonchev–Trinajstić information content (AvgIpc) is 2.95. The van der Waals surface area contributed by atoms with E-state index in [1.165, 1.54) is 0 Å². The fraction of sp³-hybridized carbons (Fsp3) is 0.412. The van der Waals surface area contributed by atoms with Gasteiger partial charge in [0.1, 0.15) is 11.4 Å². The van der Waals surface area contributed by atoms with Crippen molar-refractivity contribution in [1.29, 1.82) is 0 Å². The Hall–Kier alpha value is -2.30. The molecule has 0 unspecified atom stereocenters. The van der Waals surface area contributed by atoms with Crippen LogP contribution < -0.4 is 10.1 Å². The molecule has 1 heterocycles. The number of H-pyrrole nitrogens is 1. The lowest BCUT2D eigenvalue weighted by Crippen LogP contribution is -2.26. The maximum atomic E-state index is 12.0. The number of hydrogen-bond acceptors (Lipinski definition) is 3. The van der Waals surface area contributed by atoms with Crippen LogP contribution >= 0.6 is 0 Å². The molecule has 2 aromatic rings. The number of hydrogen-bond donors (Lipinski definition) is 2. The summed E-state index contributed by atoms with van der Waals surface area (Å²) in [6.45, 7) is 4.84. The molecule has 0 aliphatic rings. The average molecular weight is 301 g/mol. The van der Waals surface area contributed by atoms with Crippen molar-refractivity contribution in [3.8, 4) is 5.75 Å². The molecule has 0 aliphatic heterocycles. The minimum absolute atomic E-state index is 0.144. The molecule has 1 amide bonds. The second-order valence-electron chi connectivity index (χ2n) is 5.73. The van der Waals surface area contributed by atoms with Crippen LogP contribution in [0.4, 0.5) is 0 Å². The van der Waals surface area contributed by atoms with E-state index in [1.807, 2.05) is 30.3 Å². The number of methoxy groups -OCH3 is 1. The van der Waals surface area contributed by atoms with Crippen molar-refractivity contribution in [1.82, 2.24) is 15.5 Å². The third-order valence-corrected chi connectivity index (χ3v) is 3.33. The zero-order valence-electron chi connectivity index (χ0n) is 13.3. The number of carbonyl (C=O) groups excluding carboxylic acids is 1. The third kappa shape index (κ3) is 4.62. The topological polar surface area (TPSA) is 67.0 Å². The summed E-state index contributed by atoms with van der Waals surface area (Å²) in [5, 5.41) is 9.87. The van der Waals surface area contributed by atoms with E-state index in [2.05, 4.69) is 29.4 Å². The molecular weight excluding hydrogens is 278 g/mol. The van der Waals surface area contributed by atoms with Gasteiger partial charge < -0.3 is 10.1 Å². The van der Waals surface area contributed by atoms with Crippen LogP contribution in [0.2, 0.25) is 0 Å². The molecular formula is C17H23N3O2. The summed E-state index contributed by atoms with van der Waals surface area (Å²) in [7, 11) is 1.65. The second-order valence-corrected chi connectivity index (χ2v) is 5.73. The first-order valence-electron chi connectivity index (χ1n) is 7.54. The van der Waals surface area contributed by atoms with Crippen LogP contribution in [0.5, 0.6) is 5.75 Å². The Morgan fingerprint density at radius 3 is 2.91 bits per heavy atom. The van der Waals surface area contributed by atoms with Crippen LogP contribution in [0.25, 0.3) is 0 Å². The van der Waals surface area contributed by atoms with Crippen molar-refractivity contribution in [2.24, 2.45) is 5.92 Å². The third-order valence-electron chi connectivity index (χ3n) is 3.33. The Labute approximate surface area is 131 Å². The Balaban J connectivity index is 1.83. The van der Waals surface area contributed by atoms with Crippen molar-refractivity contribution in [2.45, 2.75) is 26.7 Å². The van der Waals surface area contributed by atoms with E-state index in [1.54, 1.807) is 7.11 Å². The predicted octanol–water partition coefficient (Wildman–Crippen LogP) is 2.59. The minimum atomic E-state index is -0.144. The van der Waals surface area contributed by atoms with Gasteiger partial charge in [-0.1, -0.05) is 26.0 Å². The number of aromatic amines is 1. The zero-order valence-corrected chi connectivity index (χ0v) is 13.3. The number of nitrogens with one attached hydrogen (secondary N) is 2. The maximum absolute atomic E-state index is 12.0. The highest BCUT2D eigenvalue weighted by molar-refractivity contribution is 5.92. The summed E-state index contributed by atoms with van der Waals surface area (Å²) in [6.07, 6.45) is 1.65. The number of benzene rings is 1. The Bertz CT molecular complexity index is 620. The first-order chi connectivity index (χ1) is 10.6. The van der Waals surface area contributed by atoms with Gasteiger partial charge in [-0.15, -0.1) is 0 Å². The molecule has 0 bridgehead atoms. The number of amides is 1. The predicted molar refractivity (Wildman–Crippen MR) is 86.2 cm³/mol. The van der Waals surface area contributed by atoms with Crippen molar-refractivity contribution in [2.75, 3.05) is 13.7 Å². The zero-order chi connectivity index (χ0) is 15.9. The molecule has 2 rings (SSSR count). The molecule has 5 nitrogen and oxygen atoms in total. The Morgan fingerprint density at radius 2 is 2.18 bits per heavy atom. The van der Waals surface area contributed by atoms with E-state index < -0.39 is 0 Å². The SMILES string of the molecule is COc1cccc(CCNC(=O)c2cc(CC(C)C)[nH]n2)c1. The first-order valence-corrected chi connectivity index (χ1v) is 7.54. The molecule has 2 N–H and O–H groups in total.